The predicted molar refractivity (Wildman–Crippen MR) is 41.4 cm³/mol. The zero-order valence-electron chi connectivity index (χ0n) is 5.91. The van der Waals surface area contributed by atoms with Crippen LogP contribution in [-0.2, 0) is 9.47 Å². The van der Waals surface area contributed by atoms with E-state index in [0.717, 1.165) is 30.8 Å². The van der Waals surface area contributed by atoms with Crippen LogP contribution in [-0.4, -0.2) is 36.9 Å². The van der Waals surface area contributed by atoms with Crippen LogP contribution in [0.5, 0.6) is 0 Å². The van der Waals surface area contributed by atoms with Crippen LogP contribution in [0, 0.1) is 0 Å². The van der Waals surface area contributed by atoms with Gasteiger partial charge in [-0.15, -0.1) is 0 Å². The SMILES string of the molecule is C1CSC2CCOC2CO1. The Morgan fingerprint density at radius 2 is 2.30 bits per heavy atom. The van der Waals surface area contributed by atoms with Crippen LogP contribution in [0.15, 0.2) is 0 Å². The van der Waals surface area contributed by atoms with Crippen molar-refractivity contribution in [3.8, 4) is 0 Å². The van der Waals surface area contributed by atoms with Crippen molar-refractivity contribution in [2.75, 3.05) is 25.6 Å². The highest BCUT2D eigenvalue weighted by atomic mass is 32.2. The number of ether oxygens (including phenoxy) is 2. The van der Waals surface area contributed by atoms with Gasteiger partial charge in [0.1, 0.15) is 0 Å². The molecule has 2 saturated heterocycles. The van der Waals surface area contributed by atoms with Crippen LogP contribution in [0.2, 0.25) is 0 Å². The van der Waals surface area contributed by atoms with E-state index < -0.39 is 0 Å². The topological polar surface area (TPSA) is 18.5 Å². The Hall–Kier alpha value is 0.270. The molecule has 0 aromatic rings. The number of thioether (sulfide) groups is 1. The summed E-state index contributed by atoms with van der Waals surface area (Å²) >= 11 is 2.00. The summed E-state index contributed by atoms with van der Waals surface area (Å²) in [5, 5.41) is 0.725. The Balaban J connectivity index is 1.95. The van der Waals surface area contributed by atoms with E-state index in [-0.39, 0.29) is 0 Å². The van der Waals surface area contributed by atoms with Crippen molar-refractivity contribution in [2.45, 2.75) is 17.8 Å². The number of rotatable bonds is 0. The molecule has 0 saturated carbocycles. The Morgan fingerprint density at radius 3 is 3.30 bits per heavy atom. The Morgan fingerprint density at radius 1 is 1.30 bits per heavy atom. The lowest BCUT2D eigenvalue weighted by Crippen LogP contribution is -2.21. The summed E-state index contributed by atoms with van der Waals surface area (Å²) in [6.07, 6.45) is 1.62. The predicted octanol–water partition coefficient (Wildman–Crippen LogP) is 0.907. The summed E-state index contributed by atoms with van der Waals surface area (Å²) in [5.74, 6) is 1.14. The van der Waals surface area contributed by atoms with Crippen molar-refractivity contribution in [2.24, 2.45) is 0 Å². The molecule has 0 aromatic carbocycles. The van der Waals surface area contributed by atoms with Crippen LogP contribution in [0.3, 0.4) is 0 Å². The molecule has 2 rings (SSSR count). The molecule has 0 radical (unpaired) electrons. The summed E-state index contributed by atoms with van der Waals surface area (Å²) in [4.78, 5) is 0. The van der Waals surface area contributed by atoms with Crippen LogP contribution >= 0.6 is 11.8 Å². The van der Waals surface area contributed by atoms with Crippen LogP contribution in [0.25, 0.3) is 0 Å². The molecule has 0 aromatic heterocycles. The maximum absolute atomic E-state index is 5.49. The van der Waals surface area contributed by atoms with Crippen molar-refractivity contribution in [3.63, 3.8) is 0 Å². The number of hydrogen-bond acceptors (Lipinski definition) is 3. The first-order valence-corrected chi connectivity index (χ1v) is 4.82. The van der Waals surface area contributed by atoms with E-state index in [4.69, 9.17) is 9.47 Å². The van der Waals surface area contributed by atoms with Gasteiger partial charge in [0.15, 0.2) is 0 Å². The van der Waals surface area contributed by atoms with Gasteiger partial charge in [0.25, 0.3) is 0 Å². The second-order valence-electron chi connectivity index (χ2n) is 2.68. The summed E-state index contributed by atoms with van der Waals surface area (Å²) in [6.45, 7) is 2.66. The molecule has 0 spiro atoms. The molecule has 0 bridgehead atoms. The third-order valence-corrected chi connectivity index (χ3v) is 3.36. The Labute approximate surface area is 65.3 Å². The Bertz CT molecular complexity index is 106. The fourth-order valence-electron chi connectivity index (χ4n) is 1.43. The van der Waals surface area contributed by atoms with E-state index >= 15 is 0 Å². The standard InChI is InChI=1S/C7H12O2S/c1-2-9-6-5-8-3-4-10-7(1)6/h6-7H,1-5H2. The highest BCUT2D eigenvalue weighted by Gasteiger charge is 2.30. The minimum Gasteiger partial charge on any atom is -0.378 e. The molecular formula is C7H12O2S. The van der Waals surface area contributed by atoms with E-state index in [1.807, 2.05) is 11.8 Å². The lowest BCUT2D eigenvalue weighted by Gasteiger charge is -2.11. The molecule has 0 aliphatic carbocycles. The highest BCUT2D eigenvalue weighted by molar-refractivity contribution is 8.00. The molecule has 2 fully saturated rings. The fraction of sp³-hybridized carbons (Fsp3) is 1.00. The van der Waals surface area contributed by atoms with Gasteiger partial charge in [0.2, 0.25) is 0 Å². The monoisotopic (exact) mass is 160 g/mol. The highest BCUT2D eigenvalue weighted by Crippen LogP contribution is 2.28. The average molecular weight is 160 g/mol. The molecule has 2 nitrogen and oxygen atoms in total. The van der Waals surface area contributed by atoms with Crippen molar-refractivity contribution < 1.29 is 9.47 Å². The van der Waals surface area contributed by atoms with Crippen LogP contribution in [0.1, 0.15) is 6.42 Å². The van der Waals surface area contributed by atoms with Crippen molar-refractivity contribution in [3.05, 3.63) is 0 Å². The average Bonchev–Trinajstić information content (AvgIpc) is 2.28. The van der Waals surface area contributed by atoms with Crippen LogP contribution in [0.4, 0.5) is 0 Å². The molecule has 58 valence electrons. The van der Waals surface area contributed by atoms with E-state index in [9.17, 15) is 0 Å². The number of hydrogen-bond donors (Lipinski definition) is 0. The number of fused-ring (bicyclic) bond motifs is 1. The second kappa shape index (κ2) is 3.11. The molecule has 2 unspecified atom stereocenters. The molecule has 10 heavy (non-hydrogen) atoms. The first kappa shape index (κ1) is 6.95. The lowest BCUT2D eigenvalue weighted by molar-refractivity contribution is 0.0274. The molecule has 2 heterocycles. The van der Waals surface area contributed by atoms with Gasteiger partial charge in [-0.3, -0.25) is 0 Å². The van der Waals surface area contributed by atoms with Crippen molar-refractivity contribution >= 4 is 11.8 Å². The minimum atomic E-state index is 0.396. The molecule has 2 aliphatic rings. The summed E-state index contributed by atoms with van der Waals surface area (Å²) in [5.41, 5.74) is 0. The zero-order valence-corrected chi connectivity index (χ0v) is 6.73. The van der Waals surface area contributed by atoms with Gasteiger partial charge in [-0.2, -0.15) is 11.8 Å². The summed E-state index contributed by atoms with van der Waals surface area (Å²) < 4.78 is 10.9. The molecule has 0 amide bonds. The normalized spacial score (nSPS) is 40.8. The van der Waals surface area contributed by atoms with E-state index in [0.29, 0.717) is 6.10 Å². The maximum atomic E-state index is 5.49. The summed E-state index contributed by atoms with van der Waals surface area (Å²) in [7, 11) is 0. The first-order chi connectivity index (χ1) is 4.97. The maximum Gasteiger partial charge on any atom is 0.0927 e. The molecule has 3 heteroatoms. The van der Waals surface area contributed by atoms with Gasteiger partial charge >= 0.3 is 0 Å². The van der Waals surface area contributed by atoms with Crippen molar-refractivity contribution in [1.82, 2.24) is 0 Å². The largest absolute Gasteiger partial charge is 0.378 e. The van der Waals surface area contributed by atoms with Gasteiger partial charge in [-0.05, 0) is 6.42 Å². The van der Waals surface area contributed by atoms with Gasteiger partial charge in [-0.25, -0.2) is 0 Å². The van der Waals surface area contributed by atoms with Gasteiger partial charge in [0.05, 0.1) is 19.3 Å². The van der Waals surface area contributed by atoms with Gasteiger partial charge < -0.3 is 9.47 Å². The third kappa shape index (κ3) is 1.31. The molecule has 2 atom stereocenters. The molecular weight excluding hydrogens is 148 g/mol. The van der Waals surface area contributed by atoms with E-state index in [1.165, 1.54) is 6.42 Å². The smallest absolute Gasteiger partial charge is 0.0927 e. The van der Waals surface area contributed by atoms with E-state index in [1.54, 1.807) is 0 Å². The fourth-order valence-corrected chi connectivity index (χ4v) is 2.58. The molecule has 0 N–H and O–H groups in total. The lowest BCUT2D eigenvalue weighted by atomic mass is 10.2. The van der Waals surface area contributed by atoms with Gasteiger partial charge in [0, 0.05) is 17.6 Å². The summed E-state index contributed by atoms with van der Waals surface area (Å²) in [6, 6.07) is 0. The second-order valence-corrected chi connectivity index (χ2v) is 4.03. The van der Waals surface area contributed by atoms with Gasteiger partial charge in [-0.1, -0.05) is 0 Å². The van der Waals surface area contributed by atoms with E-state index in [2.05, 4.69) is 0 Å². The minimum absolute atomic E-state index is 0.396. The third-order valence-electron chi connectivity index (χ3n) is 1.99. The quantitative estimate of drug-likeness (QED) is 0.524. The zero-order chi connectivity index (χ0) is 6.81. The van der Waals surface area contributed by atoms with Crippen LogP contribution < -0.4 is 0 Å². The Kier molecular flexibility index (Phi) is 2.16. The molecule has 2 aliphatic heterocycles. The first-order valence-electron chi connectivity index (χ1n) is 3.78. The van der Waals surface area contributed by atoms with Crippen molar-refractivity contribution in [1.29, 1.82) is 0 Å².